The van der Waals surface area contributed by atoms with E-state index < -0.39 is 7.25 Å². The fraction of sp³-hybridized carbons (Fsp3) is 0.125. The first kappa shape index (κ1) is 18.5. The Kier molecular flexibility index (Phi) is 5.46. The van der Waals surface area contributed by atoms with Crippen LogP contribution in [0.4, 0.5) is 23.0 Å². The zero-order valence-electron chi connectivity index (χ0n) is 13.5. The van der Waals surface area contributed by atoms with Gasteiger partial charge in [-0.25, -0.2) is 4.79 Å². The Labute approximate surface area is 141 Å². The first-order valence-corrected chi connectivity index (χ1v) is 7.24. The van der Waals surface area contributed by atoms with Gasteiger partial charge in [0.2, 0.25) is 0 Å². The molecule has 1 aromatic carbocycles. The van der Waals surface area contributed by atoms with Crippen LogP contribution in [0, 0.1) is 0 Å². The lowest BCUT2D eigenvalue weighted by atomic mass is 10.2. The minimum atomic E-state index is -6.00. The van der Waals surface area contributed by atoms with E-state index in [2.05, 4.69) is 0 Å². The molecule has 3 aromatic rings. The molecule has 0 fully saturated rings. The highest BCUT2D eigenvalue weighted by molar-refractivity contribution is 6.50. The Morgan fingerprint density at radius 2 is 1.56 bits per heavy atom. The van der Waals surface area contributed by atoms with Crippen molar-refractivity contribution in [3.8, 4) is 5.69 Å². The SMILES string of the molecule is CN(C)c1cc[n+](-c2cc3ccccc3oc2=O)cc1.F[B-](F)(F)F. The molecule has 0 amide bonds. The molecule has 0 saturated carbocycles. The summed E-state index contributed by atoms with van der Waals surface area (Å²) >= 11 is 0. The zero-order chi connectivity index (χ0) is 18.6. The van der Waals surface area contributed by atoms with E-state index in [1.165, 1.54) is 0 Å². The molecule has 0 aliphatic carbocycles. The van der Waals surface area contributed by atoms with E-state index in [-0.39, 0.29) is 5.63 Å². The van der Waals surface area contributed by atoms with E-state index in [4.69, 9.17) is 4.42 Å². The van der Waals surface area contributed by atoms with Crippen molar-refractivity contribution in [1.29, 1.82) is 0 Å². The van der Waals surface area contributed by atoms with Crippen LogP contribution in [0.3, 0.4) is 0 Å². The van der Waals surface area contributed by atoms with Crippen molar-refractivity contribution in [2.24, 2.45) is 0 Å². The van der Waals surface area contributed by atoms with Crippen molar-refractivity contribution in [3.05, 3.63) is 65.3 Å². The first-order valence-electron chi connectivity index (χ1n) is 7.24. The predicted molar refractivity (Wildman–Crippen MR) is 88.5 cm³/mol. The second-order valence-electron chi connectivity index (χ2n) is 5.31. The van der Waals surface area contributed by atoms with Crippen LogP contribution in [0.15, 0.2) is 64.1 Å². The summed E-state index contributed by atoms with van der Waals surface area (Å²) in [6, 6.07) is 13.2. The van der Waals surface area contributed by atoms with Gasteiger partial charge in [0, 0.05) is 43.4 Å². The van der Waals surface area contributed by atoms with Crippen LogP contribution < -0.4 is 15.1 Å². The van der Waals surface area contributed by atoms with E-state index in [0.29, 0.717) is 11.3 Å². The third-order valence-corrected chi connectivity index (χ3v) is 3.23. The van der Waals surface area contributed by atoms with Gasteiger partial charge in [-0.15, -0.1) is 0 Å². The molecule has 0 N–H and O–H groups in total. The number of para-hydroxylation sites is 1. The molecule has 2 heterocycles. The molecule has 25 heavy (non-hydrogen) atoms. The largest absolute Gasteiger partial charge is 0.673 e. The molecule has 3 rings (SSSR count). The van der Waals surface area contributed by atoms with Gasteiger partial charge in [-0.1, -0.05) is 18.2 Å². The van der Waals surface area contributed by atoms with Gasteiger partial charge in [-0.3, -0.25) is 0 Å². The molecule has 0 saturated heterocycles. The lowest BCUT2D eigenvalue weighted by Gasteiger charge is -2.10. The molecule has 0 radical (unpaired) electrons. The summed E-state index contributed by atoms with van der Waals surface area (Å²) in [5.74, 6) is 0. The van der Waals surface area contributed by atoms with Crippen molar-refractivity contribution < 1.29 is 26.2 Å². The number of rotatable bonds is 2. The third-order valence-electron chi connectivity index (χ3n) is 3.23. The van der Waals surface area contributed by atoms with Crippen LogP contribution in [0.1, 0.15) is 0 Å². The molecular formula is C16H15BF4N2O2. The van der Waals surface area contributed by atoms with Gasteiger partial charge in [0.25, 0.3) is 5.69 Å². The van der Waals surface area contributed by atoms with Gasteiger partial charge in [-0.05, 0) is 6.07 Å². The maximum atomic E-state index is 12.1. The summed E-state index contributed by atoms with van der Waals surface area (Å²) in [4.78, 5) is 14.1. The average molecular weight is 354 g/mol. The summed E-state index contributed by atoms with van der Waals surface area (Å²) in [7, 11) is -2.05. The summed E-state index contributed by atoms with van der Waals surface area (Å²) in [5.41, 5.74) is 1.85. The molecule has 0 aliphatic heterocycles. The lowest BCUT2D eigenvalue weighted by molar-refractivity contribution is -0.597. The van der Waals surface area contributed by atoms with Crippen molar-refractivity contribution in [2.75, 3.05) is 19.0 Å². The molecule has 0 spiro atoms. The maximum Gasteiger partial charge on any atom is 0.673 e. The van der Waals surface area contributed by atoms with Gasteiger partial charge in [0.1, 0.15) is 5.58 Å². The Balaban J connectivity index is 0.000000399. The number of fused-ring (bicyclic) bond motifs is 1. The van der Waals surface area contributed by atoms with E-state index in [9.17, 15) is 22.1 Å². The maximum absolute atomic E-state index is 12.1. The molecule has 132 valence electrons. The molecule has 4 nitrogen and oxygen atoms in total. The second kappa shape index (κ2) is 7.37. The van der Waals surface area contributed by atoms with Crippen LogP contribution >= 0.6 is 0 Å². The topological polar surface area (TPSA) is 37.3 Å². The zero-order valence-corrected chi connectivity index (χ0v) is 13.5. The van der Waals surface area contributed by atoms with Gasteiger partial charge in [-0.2, -0.15) is 4.57 Å². The summed E-state index contributed by atoms with van der Waals surface area (Å²) in [5, 5.41) is 0.909. The predicted octanol–water partition coefficient (Wildman–Crippen LogP) is 3.44. The Morgan fingerprint density at radius 3 is 2.12 bits per heavy atom. The normalized spacial score (nSPS) is 11.0. The highest BCUT2D eigenvalue weighted by atomic mass is 19.5. The summed E-state index contributed by atoms with van der Waals surface area (Å²) < 4.78 is 46.1. The van der Waals surface area contributed by atoms with Gasteiger partial charge < -0.3 is 26.6 Å². The molecule has 0 aliphatic rings. The lowest BCUT2D eigenvalue weighted by Crippen LogP contribution is -2.35. The number of nitrogens with zero attached hydrogens (tertiary/aromatic N) is 2. The summed E-state index contributed by atoms with van der Waals surface area (Å²) in [6.45, 7) is 0. The number of halogens is 4. The highest BCUT2D eigenvalue weighted by Crippen LogP contribution is 2.13. The van der Waals surface area contributed by atoms with Crippen molar-refractivity contribution in [2.45, 2.75) is 0 Å². The number of pyridine rings is 1. The number of benzene rings is 1. The van der Waals surface area contributed by atoms with E-state index in [1.54, 1.807) is 10.6 Å². The Morgan fingerprint density at radius 1 is 1.00 bits per heavy atom. The average Bonchev–Trinajstić information content (AvgIpc) is 2.53. The van der Waals surface area contributed by atoms with Crippen LogP contribution in [-0.2, 0) is 0 Å². The minimum absolute atomic E-state index is 0.341. The fourth-order valence-corrected chi connectivity index (χ4v) is 2.11. The van der Waals surface area contributed by atoms with Crippen LogP contribution in [-0.4, -0.2) is 21.3 Å². The standard InChI is InChI=1S/C16H15N2O2.BF4/c1-17(2)13-7-9-18(10-8-13)14-11-12-5-3-4-6-15(12)20-16(14)19;2-1(3,4)5/h3-11H,1-2H3;/q+1;-1. The Bertz CT molecular complexity index is 902. The molecule has 0 atom stereocenters. The number of hydrogen-bond donors (Lipinski definition) is 0. The highest BCUT2D eigenvalue weighted by Gasteiger charge is 2.20. The monoisotopic (exact) mass is 354 g/mol. The molecule has 0 bridgehead atoms. The van der Waals surface area contributed by atoms with Gasteiger partial charge >= 0.3 is 12.9 Å². The van der Waals surface area contributed by atoms with Crippen molar-refractivity contribution >= 4 is 23.9 Å². The van der Waals surface area contributed by atoms with E-state index in [1.807, 2.05) is 67.8 Å². The third kappa shape index (κ3) is 5.34. The Hall–Kier alpha value is -2.84. The number of anilines is 1. The summed E-state index contributed by atoms with van der Waals surface area (Å²) in [6.07, 6.45) is 3.72. The first-order chi connectivity index (χ1) is 11.6. The smallest absolute Gasteiger partial charge is 0.418 e. The molecule has 0 unspecified atom stereocenters. The number of aromatic nitrogens is 1. The van der Waals surface area contributed by atoms with Crippen LogP contribution in [0.2, 0.25) is 0 Å². The molecular weight excluding hydrogens is 339 g/mol. The molecule has 2 aromatic heterocycles. The van der Waals surface area contributed by atoms with Gasteiger partial charge in [0.15, 0.2) is 12.4 Å². The quantitative estimate of drug-likeness (QED) is 0.306. The van der Waals surface area contributed by atoms with Crippen molar-refractivity contribution in [1.82, 2.24) is 0 Å². The minimum Gasteiger partial charge on any atom is -0.418 e. The van der Waals surface area contributed by atoms with Gasteiger partial charge in [0.05, 0.1) is 0 Å². The van der Waals surface area contributed by atoms with Crippen LogP contribution in [0.25, 0.3) is 16.7 Å². The van der Waals surface area contributed by atoms with E-state index in [0.717, 1.165) is 11.1 Å². The second-order valence-corrected chi connectivity index (χ2v) is 5.31. The molecule has 9 heteroatoms. The van der Waals surface area contributed by atoms with Crippen molar-refractivity contribution in [3.63, 3.8) is 0 Å². The van der Waals surface area contributed by atoms with E-state index >= 15 is 0 Å². The number of hydrogen-bond acceptors (Lipinski definition) is 3. The fourth-order valence-electron chi connectivity index (χ4n) is 2.11. The van der Waals surface area contributed by atoms with Crippen LogP contribution in [0.5, 0.6) is 0 Å².